The lowest BCUT2D eigenvalue weighted by atomic mass is 10.4. The van der Waals surface area contributed by atoms with Crippen LogP contribution in [-0.4, -0.2) is 9.97 Å². The molecule has 1 heterocycles. The highest BCUT2D eigenvalue weighted by molar-refractivity contribution is 9.10. The molecule has 0 aliphatic rings. The molecule has 0 atom stereocenters. The Balaban J connectivity index is 2.08. The summed E-state index contributed by atoms with van der Waals surface area (Å²) >= 11 is 22.4. The van der Waals surface area contributed by atoms with Crippen LogP contribution < -0.4 is 0 Å². The van der Waals surface area contributed by atoms with E-state index in [-0.39, 0.29) is 0 Å². The van der Waals surface area contributed by atoms with Gasteiger partial charge in [-0.25, -0.2) is 9.97 Å². The number of nitrogens with zero attached hydrogens (tertiary/aromatic N) is 2. The molecular weight excluding hydrogens is 378 g/mol. The summed E-state index contributed by atoms with van der Waals surface area (Å²) in [5.41, 5.74) is 0. The fraction of sp³-hybridized carbons (Fsp3) is 0.0909. The molecule has 0 aliphatic carbocycles. The van der Waals surface area contributed by atoms with E-state index in [0.29, 0.717) is 31.4 Å². The van der Waals surface area contributed by atoms with Crippen LogP contribution in [0.2, 0.25) is 15.3 Å². The van der Waals surface area contributed by atoms with E-state index in [0.717, 1.165) is 4.90 Å². The van der Waals surface area contributed by atoms with Crippen molar-refractivity contribution in [1.82, 2.24) is 9.97 Å². The van der Waals surface area contributed by atoms with Crippen LogP contribution in [0.5, 0.6) is 0 Å². The van der Waals surface area contributed by atoms with Crippen molar-refractivity contribution in [3.8, 4) is 0 Å². The van der Waals surface area contributed by atoms with Crippen molar-refractivity contribution in [1.29, 1.82) is 0 Å². The smallest absolute Gasteiger partial charge is 0.148 e. The Hall–Kier alpha value is -0.000000000000000167. The fourth-order valence-electron chi connectivity index (χ4n) is 1.18. The fourth-order valence-corrected chi connectivity index (χ4v) is 2.66. The van der Waals surface area contributed by atoms with Gasteiger partial charge in [-0.05, 0) is 40.2 Å². The molecule has 0 saturated carbocycles. The highest BCUT2D eigenvalue weighted by Gasteiger charge is 2.09. The number of benzene rings is 1. The summed E-state index contributed by atoms with van der Waals surface area (Å²) in [6, 6.07) is 7.56. The minimum atomic E-state index is 0.321. The van der Waals surface area contributed by atoms with Crippen molar-refractivity contribution in [3.63, 3.8) is 0 Å². The third-order valence-corrected chi connectivity index (χ3v) is 5.01. The van der Waals surface area contributed by atoms with Crippen LogP contribution in [0.15, 0.2) is 33.6 Å². The van der Waals surface area contributed by atoms with Crippen LogP contribution in [0.1, 0.15) is 5.82 Å². The summed E-state index contributed by atoms with van der Waals surface area (Å²) in [4.78, 5) is 9.37. The molecule has 0 saturated heterocycles. The lowest BCUT2D eigenvalue weighted by molar-refractivity contribution is 1.02. The van der Waals surface area contributed by atoms with Gasteiger partial charge in [-0.3, -0.25) is 0 Å². The summed E-state index contributed by atoms with van der Waals surface area (Å²) in [6.07, 6.45) is 0. The second-order valence-electron chi connectivity index (χ2n) is 3.28. The van der Waals surface area contributed by atoms with Crippen LogP contribution in [0.3, 0.4) is 0 Å². The second-order valence-corrected chi connectivity index (χ2v) is 6.27. The van der Waals surface area contributed by atoms with E-state index >= 15 is 0 Å². The molecule has 0 N–H and O–H groups in total. The van der Waals surface area contributed by atoms with E-state index in [9.17, 15) is 0 Å². The maximum atomic E-state index is 5.91. The molecule has 94 valence electrons. The molecule has 2 rings (SSSR count). The third-order valence-electron chi connectivity index (χ3n) is 2.00. The van der Waals surface area contributed by atoms with E-state index in [2.05, 4.69) is 25.9 Å². The van der Waals surface area contributed by atoms with Crippen molar-refractivity contribution in [2.24, 2.45) is 0 Å². The Labute approximate surface area is 132 Å². The van der Waals surface area contributed by atoms with E-state index in [1.165, 1.54) is 0 Å². The third kappa shape index (κ3) is 3.75. The highest BCUT2D eigenvalue weighted by atomic mass is 79.9. The number of halogens is 4. The summed E-state index contributed by atoms with van der Waals surface area (Å²) in [7, 11) is 0. The van der Waals surface area contributed by atoms with E-state index < -0.39 is 0 Å². The number of hydrogen-bond acceptors (Lipinski definition) is 3. The second kappa shape index (κ2) is 6.44. The summed E-state index contributed by atoms with van der Waals surface area (Å²) in [6.45, 7) is 0. The minimum Gasteiger partial charge on any atom is -0.219 e. The zero-order valence-corrected chi connectivity index (χ0v) is 13.5. The van der Waals surface area contributed by atoms with Gasteiger partial charge >= 0.3 is 0 Å². The van der Waals surface area contributed by atoms with Crippen LogP contribution in [-0.2, 0) is 5.75 Å². The molecule has 0 radical (unpaired) electrons. The molecule has 0 aliphatic heterocycles. The maximum Gasteiger partial charge on any atom is 0.148 e. The molecule has 1 aromatic carbocycles. The van der Waals surface area contributed by atoms with Crippen LogP contribution in [0.25, 0.3) is 0 Å². The first-order chi connectivity index (χ1) is 8.56. The van der Waals surface area contributed by atoms with Gasteiger partial charge in [-0.15, -0.1) is 11.8 Å². The van der Waals surface area contributed by atoms with Gasteiger partial charge < -0.3 is 0 Å². The summed E-state index contributed by atoms with van der Waals surface area (Å²) in [5.74, 6) is 1.18. The van der Waals surface area contributed by atoms with Crippen molar-refractivity contribution in [3.05, 3.63) is 49.9 Å². The summed E-state index contributed by atoms with van der Waals surface area (Å²) < 4.78 is 0.520. The lowest BCUT2D eigenvalue weighted by Crippen LogP contribution is -1.94. The van der Waals surface area contributed by atoms with Crippen molar-refractivity contribution in [2.75, 3.05) is 0 Å². The SMILES string of the molecule is Clc1ccc(SCc2nc(Cl)c(Br)c(Cl)n2)cc1. The van der Waals surface area contributed by atoms with Gasteiger partial charge in [0.25, 0.3) is 0 Å². The summed E-state index contributed by atoms with van der Waals surface area (Å²) in [5, 5.41) is 1.36. The molecular formula is C11H6BrCl3N2S. The Kier molecular flexibility index (Phi) is 5.15. The normalized spacial score (nSPS) is 10.7. The van der Waals surface area contributed by atoms with Crippen LogP contribution >= 0.6 is 62.5 Å². The zero-order chi connectivity index (χ0) is 13.1. The standard InChI is InChI=1S/C11H6BrCl3N2S/c12-9-10(14)16-8(17-11(9)15)5-18-7-3-1-6(13)2-4-7/h1-4H,5H2. The van der Waals surface area contributed by atoms with Crippen molar-refractivity contribution in [2.45, 2.75) is 10.6 Å². The average molecular weight is 385 g/mol. The number of thioether (sulfide) groups is 1. The van der Waals surface area contributed by atoms with Gasteiger partial charge in [0.15, 0.2) is 0 Å². The first-order valence-electron chi connectivity index (χ1n) is 4.82. The van der Waals surface area contributed by atoms with Crippen molar-refractivity contribution < 1.29 is 0 Å². The van der Waals surface area contributed by atoms with Gasteiger partial charge in [0.1, 0.15) is 16.1 Å². The van der Waals surface area contributed by atoms with Gasteiger partial charge in [0, 0.05) is 9.92 Å². The molecule has 0 spiro atoms. The van der Waals surface area contributed by atoms with Gasteiger partial charge in [0.05, 0.1) is 10.2 Å². The molecule has 0 bridgehead atoms. The first kappa shape index (κ1) is 14.4. The lowest BCUT2D eigenvalue weighted by Gasteiger charge is -2.04. The topological polar surface area (TPSA) is 25.8 Å². The largest absolute Gasteiger partial charge is 0.219 e. The predicted molar refractivity (Wildman–Crippen MR) is 80.8 cm³/mol. The van der Waals surface area contributed by atoms with Gasteiger partial charge in [0.2, 0.25) is 0 Å². The Morgan fingerprint density at radius 1 is 1.00 bits per heavy atom. The Bertz CT molecular complexity index is 540. The average Bonchev–Trinajstić information content (AvgIpc) is 2.35. The molecule has 0 amide bonds. The van der Waals surface area contributed by atoms with Crippen molar-refractivity contribution >= 4 is 62.5 Å². The zero-order valence-electron chi connectivity index (χ0n) is 8.83. The molecule has 0 unspecified atom stereocenters. The molecule has 7 heteroatoms. The van der Waals surface area contributed by atoms with E-state index in [4.69, 9.17) is 34.8 Å². The van der Waals surface area contributed by atoms with Gasteiger partial charge in [-0.2, -0.15) is 0 Å². The first-order valence-corrected chi connectivity index (χ1v) is 7.73. The number of hydrogen-bond donors (Lipinski definition) is 0. The number of aromatic nitrogens is 2. The molecule has 2 aromatic rings. The Morgan fingerprint density at radius 2 is 1.56 bits per heavy atom. The minimum absolute atomic E-state index is 0.321. The predicted octanol–water partition coefficient (Wildman–Crippen LogP) is 5.49. The van der Waals surface area contributed by atoms with E-state index in [1.54, 1.807) is 11.8 Å². The van der Waals surface area contributed by atoms with E-state index in [1.807, 2.05) is 24.3 Å². The molecule has 0 fully saturated rings. The Morgan fingerprint density at radius 3 is 2.11 bits per heavy atom. The monoisotopic (exact) mass is 382 g/mol. The quantitative estimate of drug-likeness (QED) is 0.517. The van der Waals surface area contributed by atoms with Gasteiger partial charge in [-0.1, -0.05) is 34.8 Å². The van der Waals surface area contributed by atoms with Crippen LogP contribution in [0, 0.1) is 0 Å². The molecule has 18 heavy (non-hydrogen) atoms. The highest BCUT2D eigenvalue weighted by Crippen LogP contribution is 2.29. The maximum absolute atomic E-state index is 5.91. The number of rotatable bonds is 3. The molecule has 2 nitrogen and oxygen atoms in total. The molecule has 1 aromatic heterocycles. The van der Waals surface area contributed by atoms with Crippen LogP contribution in [0.4, 0.5) is 0 Å².